The van der Waals surface area contributed by atoms with Crippen molar-refractivity contribution in [2.45, 2.75) is 64.0 Å². The molecule has 2 fully saturated rings. The quantitative estimate of drug-likeness (QED) is 0.912. The van der Waals surface area contributed by atoms with Gasteiger partial charge in [0.25, 0.3) is 0 Å². The van der Waals surface area contributed by atoms with E-state index in [-0.39, 0.29) is 6.04 Å². The van der Waals surface area contributed by atoms with Crippen LogP contribution in [-0.2, 0) is 11.2 Å². The molecule has 1 aromatic carbocycles. The number of rotatable bonds is 3. The first-order valence-corrected chi connectivity index (χ1v) is 8.06. The van der Waals surface area contributed by atoms with Gasteiger partial charge in [-0.3, -0.25) is 4.79 Å². The normalized spacial score (nSPS) is 29.8. The minimum absolute atomic E-state index is 0.0932. The predicted octanol–water partition coefficient (Wildman–Crippen LogP) is 3.42. The first kappa shape index (κ1) is 13.8. The largest absolute Gasteiger partial charge is 0.304 e. The van der Waals surface area contributed by atoms with Crippen LogP contribution in [0.5, 0.6) is 0 Å². The van der Waals surface area contributed by atoms with Crippen LogP contribution in [0.15, 0.2) is 24.3 Å². The van der Waals surface area contributed by atoms with Gasteiger partial charge in [0.05, 0.1) is 6.04 Å². The van der Waals surface area contributed by atoms with Crippen LogP contribution in [0.3, 0.4) is 0 Å². The number of nitrogens with one attached hydrogen (secondary N) is 1. The van der Waals surface area contributed by atoms with Crippen molar-refractivity contribution in [3.63, 3.8) is 0 Å². The summed E-state index contributed by atoms with van der Waals surface area (Å²) in [5.74, 6) is 1.20. The second kappa shape index (κ2) is 6.09. The maximum atomic E-state index is 12.5. The number of fused-ring (bicyclic) bond motifs is 1. The Balaban J connectivity index is 1.58. The first-order chi connectivity index (χ1) is 9.72. The van der Waals surface area contributed by atoms with Gasteiger partial charge in [0, 0.05) is 12.5 Å². The van der Waals surface area contributed by atoms with Crippen LogP contribution in [-0.4, -0.2) is 17.9 Å². The van der Waals surface area contributed by atoms with E-state index in [0.717, 1.165) is 17.9 Å². The molecule has 1 N–H and O–H groups in total. The summed E-state index contributed by atoms with van der Waals surface area (Å²) in [6.45, 7) is 2.08. The van der Waals surface area contributed by atoms with Crippen LogP contribution in [0.1, 0.15) is 49.7 Å². The van der Waals surface area contributed by atoms with Gasteiger partial charge in [-0.05, 0) is 44.1 Å². The summed E-state index contributed by atoms with van der Waals surface area (Å²) in [4.78, 5) is 12.5. The molecular formula is C18H25NO. The average Bonchev–Trinajstić information content (AvgIpc) is 2.49. The lowest BCUT2D eigenvalue weighted by molar-refractivity contribution is -0.121. The third kappa shape index (κ3) is 3.12. The number of carbonyl (C=O) groups is 1. The molecule has 1 saturated heterocycles. The van der Waals surface area contributed by atoms with Crippen LogP contribution < -0.4 is 5.32 Å². The lowest BCUT2D eigenvalue weighted by Crippen LogP contribution is -2.52. The molecule has 1 heterocycles. The second-order valence-corrected chi connectivity index (χ2v) is 6.58. The monoisotopic (exact) mass is 271 g/mol. The van der Waals surface area contributed by atoms with E-state index in [1.165, 1.54) is 37.7 Å². The summed E-state index contributed by atoms with van der Waals surface area (Å²) in [5, 5.41) is 3.64. The number of benzene rings is 1. The fraction of sp³-hybridized carbons (Fsp3) is 0.611. The Morgan fingerprint density at radius 3 is 2.65 bits per heavy atom. The van der Waals surface area contributed by atoms with Crippen LogP contribution in [0, 0.1) is 12.8 Å². The third-order valence-corrected chi connectivity index (χ3v) is 5.04. The van der Waals surface area contributed by atoms with Crippen molar-refractivity contribution in [1.82, 2.24) is 5.32 Å². The highest BCUT2D eigenvalue weighted by molar-refractivity contribution is 5.86. The lowest BCUT2D eigenvalue weighted by Gasteiger charge is -2.40. The van der Waals surface area contributed by atoms with E-state index in [2.05, 4.69) is 36.5 Å². The Kier molecular flexibility index (Phi) is 4.21. The van der Waals surface area contributed by atoms with Gasteiger partial charge in [-0.2, -0.15) is 0 Å². The Labute approximate surface area is 122 Å². The SMILES string of the molecule is Cc1ccc(CC(=O)C2CCC3CCCCC3N2)cc1. The standard InChI is InChI=1S/C18H25NO/c1-13-6-8-14(9-7-13)12-18(20)17-11-10-15-4-2-3-5-16(15)19-17/h6-9,15-17,19H,2-5,10-12H2,1H3. The Morgan fingerprint density at radius 2 is 1.85 bits per heavy atom. The summed E-state index contributed by atoms with van der Waals surface area (Å²) in [6.07, 6.45) is 8.18. The van der Waals surface area contributed by atoms with Crippen LogP contribution in [0.2, 0.25) is 0 Å². The maximum Gasteiger partial charge on any atom is 0.154 e. The molecule has 108 valence electrons. The number of Topliss-reactive ketones (excluding diaryl/α,β-unsaturated/α-hetero) is 1. The summed E-state index contributed by atoms with van der Waals surface area (Å²) in [5.41, 5.74) is 2.40. The molecule has 1 aromatic rings. The van der Waals surface area contributed by atoms with E-state index >= 15 is 0 Å². The molecule has 0 bridgehead atoms. The zero-order chi connectivity index (χ0) is 13.9. The lowest BCUT2D eigenvalue weighted by atomic mass is 9.77. The van der Waals surface area contributed by atoms with E-state index in [9.17, 15) is 4.79 Å². The first-order valence-electron chi connectivity index (χ1n) is 8.06. The van der Waals surface area contributed by atoms with Gasteiger partial charge in [0.15, 0.2) is 5.78 Å². The van der Waals surface area contributed by atoms with Crippen molar-refractivity contribution in [2.75, 3.05) is 0 Å². The summed E-state index contributed by atoms with van der Waals surface area (Å²) >= 11 is 0. The van der Waals surface area contributed by atoms with E-state index in [1.54, 1.807) is 0 Å². The summed E-state index contributed by atoms with van der Waals surface area (Å²) in [6, 6.07) is 9.04. The van der Waals surface area contributed by atoms with Crippen molar-refractivity contribution < 1.29 is 4.79 Å². The molecule has 3 unspecified atom stereocenters. The molecule has 2 aliphatic rings. The minimum Gasteiger partial charge on any atom is -0.304 e. The van der Waals surface area contributed by atoms with E-state index in [1.807, 2.05) is 0 Å². The highest BCUT2D eigenvalue weighted by atomic mass is 16.1. The zero-order valence-corrected chi connectivity index (χ0v) is 12.4. The number of aryl methyl sites for hydroxylation is 1. The van der Waals surface area contributed by atoms with Gasteiger partial charge in [-0.25, -0.2) is 0 Å². The maximum absolute atomic E-state index is 12.5. The molecule has 3 rings (SSSR count). The molecule has 2 nitrogen and oxygen atoms in total. The summed E-state index contributed by atoms with van der Waals surface area (Å²) < 4.78 is 0. The van der Waals surface area contributed by atoms with Crippen molar-refractivity contribution in [1.29, 1.82) is 0 Å². The number of ketones is 1. The number of carbonyl (C=O) groups excluding carboxylic acids is 1. The second-order valence-electron chi connectivity index (χ2n) is 6.58. The molecule has 20 heavy (non-hydrogen) atoms. The van der Waals surface area contributed by atoms with Gasteiger partial charge in [0.1, 0.15) is 0 Å². The fourth-order valence-electron chi connectivity index (χ4n) is 3.78. The Hall–Kier alpha value is -1.15. The predicted molar refractivity (Wildman–Crippen MR) is 81.8 cm³/mol. The topological polar surface area (TPSA) is 29.1 Å². The number of piperidine rings is 1. The highest BCUT2D eigenvalue weighted by Gasteiger charge is 2.34. The van der Waals surface area contributed by atoms with Gasteiger partial charge in [-0.1, -0.05) is 42.7 Å². The average molecular weight is 271 g/mol. The van der Waals surface area contributed by atoms with Gasteiger partial charge >= 0.3 is 0 Å². The van der Waals surface area contributed by atoms with E-state index in [0.29, 0.717) is 18.2 Å². The number of hydrogen-bond donors (Lipinski definition) is 1. The molecule has 1 aliphatic heterocycles. The van der Waals surface area contributed by atoms with Crippen molar-refractivity contribution >= 4 is 5.78 Å². The molecule has 2 heteroatoms. The van der Waals surface area contributed by atoms with Crippen molar-refractivity contribution in [2.24, 2.45) is 5.92 Å². The molecule has 1 saturated carbocycles. The molecule has 0 amide bonds. The van der Waals surface area contributed by atoms with Gasteiger partial charge in [0.2, 0.25) is 0 Å². The molecular weight excluding hydrogens is 246 g/mol. The minimum atomic E-state index is 0.0932. The third-order valence-electron chi connectivity index (χ3n) is 5.04. The molecule has 1 aliphatic carbocycles. The smallest absolute Gasteiger partial charge is 0.154 e. The zero-order valence-electron chi connectivity index (χ0n) is 12.4. The van der Waals surface area contributed by atoms with Crippen LogP contribution in [0.4, 0.5) is 0 Å². The molecule has 0 radical (unpaired) electrons. The van der Waals surface area contributed by atoms with Gasteiger partial charge in [-0.15, -0.1) is 0 Å². The van der Waals surface area contributed by atoms with Crippen molar-refractivity contribution in [3.8, 4) is 0 Å². The molecule has 0 spiro atoms. The Morgan fingerprint density at radius 1 is 1.10 bits per heavy atom. The summed E-state index contributed by atoms with van der Waals surface area (Å²) in [7, 11) is 0. The molecule has 3 atom stereocenters. The molecule has 0 aromatic heterocycles. The van der Waals surface area contributed by atoms with E-state index < -0.39 is 0 Å². The van der Waals surface area contributed by atoms with Crippen LogP contribution in [0.25, 0.3) is 0 Å². The fourth-order valence-corrected chi connectivity index (χ4v) is 3.78. The Bertz CT molecular complexity index is 465. The highest BCUT2D eigenvalue weighted by Crippen LogP contribution is 2.32. The van der Waals surface area contributed by atoms with Crippen molar-refractivity contribution in [3.05, 3.63) is 35.4 Å². The van der Waals surface area contributed by atoms with E-state index in [4.69, 9.17) is 0 Å². The van der Waals surface area contributed by atoms with Crippen LogP contribution >= 0.6 is 0 Å². The number of hydrogen-bond acceptors (Lipinski definition) is 2. The van der Waals surface area contributed by atoms with Gasteiger partial charge < -0.3 is 5.32 Å².